The third kappa shape index (κ3) is 3.27. The molecule has 0 aromatic carbocycles. The van der Waals surface area contributed by atoms with E-state index in [9.17, 15) is 19.6 Å². The number of imide groups is 1. The van der Waals surface area contributed by atoms with E-state index in [1.807, 2.05) is 6.07 Å². The van der Waals surface area contributed by atoms with Gasteiger partial charge in [0.1, 0.15) is 17.6 Å². The summed E-state index contributed by atoms with van der Waals surface area (Å²) >= 11 is 0. The van der Waals surface area contributed by atoms with Crippen LogP contribution in [0, 0.1) is 17.2 Å². The summed E-state index contributed by atoms with van der Waals surface area (Å²) in [4.78, 5) is 42.2. The molecular weight excluding hydrogens is 314 g/mol. The number of rotatable bonds is 4. The van der Waals surface area contributed by atoms with Crippen LogP contribution in [0.25, 0.3) is 0 Å². The maximum atomic E-state index is 12.1. The summed E-state index contributed by atoms with van der Waals surface area (Å²) < 4.78 is 5.11. The van der Waals surface area contributed by atoms with Crippen molar-refractivity contribution in [2.75, 3.05) is 14.1 Å². The number of amidine groups is 1. The van der Waals surface area contributed by atoms with E-state index in [0.717, 1.165) is 9.80 Å². The predicted octanol–water partition coefficient (Wildman–Crippen LogP) is 0.346. The molecule has 126 valence electrons. The molecule has 2 heterocycles. The fourth-order valence-electron chi connectivity index (χ4n) is 2.18. The van der Waals surface area contributed by atoms with Crippen molar-refractivity contribution in [3.63, 3.8) is 0 Å². The second-order valence-electron chi connectivity index (χ2n) is 5.26. The Labute approximate surface area is 138 Å². The minimum absolute atomic E-state index is 0.0359. The summed E-state index contributed by atoms with van der Waals surface area (Å²) in [5.41, 5.74) is 0. The molecule has 1 N–H and O–H groups in total. The molecule has 1 aromatic heterocycles. The third-order valence-electron chi connectivity index (χ3n) is 3.60. The molecule has 1 saturated heterocycles. The number of carbonyl (C=O) groups is 3. The summed E-state index contributed by atoms with van der Waals surface area (Å²) in [6, 6.07) is 3.76. The topological polar surface area (TPSA) is 119 Å². The number of urea groups is 1. The highest BCUT2D eigenvalue weighted by molar-refractivity contribution is 6.19. The number of carbonyl (C=O) groups excluding carboxylic acids is 3. The van der Waals surface area contributed by atoms with Crippen LogP contribution in [0.3, 0.4) is 0 Å². The second kappa shape index (κ2) is 6.95. The molecule has 0 aliphatic carbocycles. The van der Waals surface area contributed by atoms with Gasteiger partial charge in [-0.05, 0) is 19.1 Å². The Morgan fingerprint density at radius 3 is 2.75 bits per heavy atom. The zero-order valence-corrected chi connectivity index (χ0v) is 13.5. The van der Waals surface area contributed by atoms with Crippen molar-refractivity contribution >= 4 is 23.7 Å². The predicted molar refractivity (Wildman–Crippen MR) is 82.5 cm³/mol. The van der Waals surface area contributed by atoms with Crippen LogP contribution in [0.1, 0.15) is 12.7 Å². The van der Waals surface area contributed by atoms with Gasteiger partial charge in [-0.25, -0.2) is 4.79 Å². The van der Waals surface area contributed by atoms with Gasteiger partial charge < -0.3 is 9.73 Å². The van der Waals surface area contributed by atoms with Crippen LogP contribution in [0.15, 0.2) is 27.8 Å². The highest BCUT2D eigenvalue weighted by Gasteiger charge is 2.41. The number of hydrogen-bond acceptors (Lipinski definition) is 6. The van der Waals surface area contributed by atoms with Crippen LogP contribution in [0.5, 0.6) is 0 Å². The van der Waals surface area contributed by atoms with E-state index in [4.69, 9.17) is 4.42 Å². The third-order valence-corrected chi connectivity index (χ3v) is 3.60. The van der Waals surface area contributed by atoms with E-state index < -0.39 is 29.8 Å². The molecule has 9 nitrogen and oxygen atoms in total. The Morgan fingerprint density at radius 2 is 2.17 bits per heavy atom. The first-order chi connectivity index (χ1) is 11.4. The van der Waals surface area contributed by atoms with Crippen molar-refractivity contribution in [2.45, 2.75) is 19.5 Å². The molecule has 4 amide bonds. The largest absolute Gasteiger partial charge is 0.467 e. The molecule has 2 atom stereocenters. The van der Waals surface area contributed by atoms with Crippen LogP contribution in [0.2, 0.25) is 0 Å². The number of nitrogens with one attached hydrogen (secondary N) is 1. The number of aliphatic imine (C=N–C) groups is 1. The Bertz CT molecular complexity index is 719. The molecule has 2 unspecified atom stereocenters. The van der Waals surface area contributed by atoms with Crippen molar-refractivity contribution in [3.8, 4) is 6.07 Å². The van der Waals surface area contributed by atoms with Crippen LogP contribution in [-0.2, 0) is 16.1 Å². The fourth-order valence-corrected chi connectivity index (χ4v) is 2.18. The number of nitriles is 1. The van der Waals surface area contributed by atoms with Gasteiger partial charge in [-0.15, -0.1) is 0 Å². The van der Waals surface area contributed by atoms with E-state index in [2.05, 4.69) is 10.3 Å². The molecule has 1 fully saturated rings. The minimum atomic E-state index is -1.22. The molecule has 9 heteroatoms. The first-order valence-electron chi connectivity index (χ1n) is 7.19. The van der Waals surface area contributed by atoms with Crippen molar-refractivity contribution in [3.05, 3.63) is 24.2 Å². The van der Waals surface area contributed by atoms with Crippen LogP contribution < -0.4 is 5.32 Å². The summed E-state index contributed by atoms with van der Waals surface area (Å²) in [5, 5.41) is 11.8. The van der Waals surface area contributed by atoms with Gasteiger partial charge in [0.05, 0.1) is 18.9 Å². The average Bonchev–Trinajstić information content (AvgIpc) is 3.09. The fraction of sp³-hybridized carbons (Fsp3) is 0.400. The van der Waals surface area contributed by atoms with E-state index in [0.29, 0.717) is 5.76 Å². The quantitative estimate of drug-likeness (QED) is 0.853. The van der Waals surface area contributed by atoms with Crippen molar-refractivity contribution in [2.24, 2.45) is 10.9 Å². The summed E-state index contributed by atoms with van der Waals surface area (Å²) in [7, 11) is 2.70. The van der Waals surface area contributed by atoms with Crippen LogP contribution >= 0.6 is 0 Å². The highest BCUT2D eigenvalue weighted by Crippen LogP contribution is 2.17. The van der Waals surface area contributed by atoms with Gasteiger partial charge >= 0.3 is 6.03 Å². The molecule has 1 aromatic rings. The minimum Gasteiger partial charge on any atom is -0.467 e. The number of furan rings is 1. The smallest absolute Gasteiger partial charge is 0.331 e. The number of amides is 4. The van der Waals surface area contributed by atoms with Gasteiger partial charge in [0, 0.05) is 14.1 Å². The van der Waals surface area contributed by atoms with Crippen molar-refractivity contribution < 1.29 is 18.8 Å². The van der Waals surface area contributed by atoms with Gasteiger partial charge in [-0.3, -0.25) is 24.4 Å². The zero-order valence-electron chi connectivity index (χ0n) is 13.5. The van der Waals surface area contributed by atoms with Gasteiger partial charge in [-0.2, -0.15) is 5.26 Å². The second-order valence-corrected chi connectivity index (χ2v) is 5.26. The lowest BCUT2D eigenvalue weighted by Gasteiger charge is -2.33. The first kappa shape index (κ1) is 17.2. The lowest BCUT2D eigenvalue weighted by molar-refractivity contribution is -0.129. The number of hydrogen-bond donors (Lipinski definition) is 1. The lowest BCUT2D eigenvalue weighted by Crippen LogP contribution is -2.57. The van der Waals surface area contributed by atoms with Gasteiger partial charge in [0.2, 0.25) is 5.91 Å². The molecular formula is C15H17N5O4. The summed E-state index contributed by atoms with van der Waals surface area (Å²) in [5.74, 6) is -1.76. The number of nitrogens with zero attached hydrogens (tertiary/aromatic N) is 4. The summed E-state index contributed by atoms with van der Waals surface area (Å²) in [6.45, 7) is 1.71. The molecule has 0 spiro atoms. The summed E-state index contributed by atoms with van der Waals surface area (Å²) in [6.07, 6.45) is 1.49. The Balaban J connectivity index is 2.14. The van der Waals surface area contributed by atoms with Gasteiger partial charge in [0.25, 0.3) is 5.91 Å². The van der Waals surface area contributed by atoms with Crippen molar-refractivity contribution in [1.29, 1.82) is 5.26 Å². The molecule has 1 aliphatic rings. The average molecular weight is 331 g/mol. The lowest BCUT2D eigenvalue weighted by atomic mass is 10.1. The maximum absolute atomic E-state index is 12.1. The van der Waals surface area contributed by atoms with Crippen LogP contribution in [-0.4, -0.2) is 53.6 Å². The molecule has 0 radical (unpaired) electrons. The molecule has 0 saturated carbocycles. The maximum Gasteiger partial charge on any atom is 0.331 e. The molecule has 0 bridgehead atoms. The van der Waals surface area contributed by atoms with Gasteiger partial charge in [-0.1, -0.05) is 0 Å². The Kier molecular flexibility index (Phi) is 4.99. The highest BCUT2D eigenvalue weighted by atomic mass is 16.3. The van der Waals surface area contributed by atoms with Crippen LogP contribution in [0.4, 0.5) is 4.79 Å². The molecule has 1 aliphatic heterocycles. The Morgan fingerprint density at radius 1 is 1.46 bits per heavy atom. The van der Waals surface area contributed by atoms with E-state index in [1.54, 1.807) is 12.1 Å². The zero-order chi connectivity index (χ0) is 17.9. The normalized spacial score (nSPS) is 20.9. The van der Waals surface area contributed by atoms with E-state index >= 15 is 0 Å². The monoisotopic (exact) mass is 331 g/mol. The standard InChI is InChI=1S/C15H17N5O4/c1-9(13(21)17-8-10-5-4-6-24-10)18-12-11(7-16)14(22)20(3)15(23)19(12)2/h4-6,9,11H,8H2,1-3H3,(H,17,21). The van der Waals surface area contributed by atoms with E-state index in [-0.39, 0.29) is 12.4 Å². The SMILES string of the molecule is CC(N=C1C(C#N)C(=O)N(C)C(=O)N1C)C(=O)NCc1ccco1. The molecule has 2 rings (SSSR count). The van der Waals surface area contributed by atoms with E-state index in [1.165, 1.54) is 27.3 Å². The van der Waals surface area contributed by atoms with Gasteiger partial charge in [0.15, 0.2) is 5.92 Å². The van der Waals surface area contributed by atoms with Crippen molar-refractivity contribution in [1.82, 2.24) is 15.1 Å². The first-order valence-corrected chi connectivity index (χ1v) is 7.19. The Hall–Kier alpha value is -3.15. The molecule has 24 heavy (non-hydrogen) atoms.